The molecule has 0 saturated carbocycles. The molecular weight excluding hydrogens is 224 g/mol. The molecule has 1 aromatic carbocycles. The van der Waals surface area contributed by atoms with Crippen LogP contribution in [0.4, 0.5) is 0 Å². The van der Waals surface area contributed by atoms with E-state index in [0.717, 1.165) is 0 Å². The molecule has 1 heteroatoms. The Hall–Kier alpha value is -0.430. The topological polar surface area (TPSA) is 0 Å². The maximum atomic E-state index is 2.37. The molecule has 0 radical (unpaired) electrons. The van der Waals surface area contributed by atoms with Gasteiger partial charge in [0.25, 0.3) is 0 Å². The highest BCUT2D eigenvalue weighted by Gasteiger charge is 2.24. The van der Waals surface area contributed by atoms with E-state index in [-0.39, 0.29) is 5.41 Å². The van der Waals surface area contributed by atoms with Gasteiger partial charge in [0.05, 0.1) is 0 Å². The summed E-state index contributed by atoms with van der Waals surface area (Å²) in [5, 5.41) is 0. The number of benzene rings is 1. The van der Waals surface area contributed by atoms with Gasteiger partial charge in [0, 0.05) is 4.90 Å². The molecule has 0 bridgehead atoms. The highest BCUT2D eigenvalue weighted by molar-refractivity contribution is 7.99. The van der Waals surface area contributed by atoms with Crippen LogP contribution in [0.3, 0.4) is 0 Å². The van der Waals surface area contributed by atoms with Crippen molar-refractivity contribution in [3.8, 4) is 0 Å². The predicted octanol–water partition coefficient (Wildman–Crippen LogP) is 5.15. The lowest BCUT2D eigenvalue weighted by atomic mass is 9.78. The van der Waals surface area contributed by atoms with Gasteiger partial charge in [-0.3, -0.25) is 0 Å². The third-order valence-corrected chi connectivity index (χ3v) is 4.71. The summed E-state index contributed by atoms with van der Waals surface area (Å²) in [7, 11) is 0. The normalized spacial score (nSPS) is 16.1. The van der Waals surface area contributed by atoms with Crippen LogP contribution in [0.15, 0.2) is 17.0 Å². The molecule has 2 rings (SSSR count). The first-order valence-corrected chi connectivity index (χ1v) is 7.69. The van der Waals surface area contributed by atoms with Gasteiger partial charge >= 0.3 is 0 Å². The summed E-state index contributed by atoms with van der Waals surface area (Å²) in [5.74, 6) is 1.93. The van der Waals surface area contributed by atoms with Crippen LogP contribution in [0.25, 0.3) is 0 Å². The van der Waals surface area contributed by atoms with Crippen LogP contribution in [0, 0.1) is 0 Å². The lowest BCUT2D eigenvalue weighted by Gasteiger charge is -2.30. The van der Waals surface area contributed by atoms with E-state index in [0.29, 0.717) is 5.92 Å². The molecule has 0 aliphatic carbocycles. The molecule has 0 unspecified atom stereocenters. The van der Waals surface area contributed by atoms with Crippen molar-refractivity contribution in [1.82, 2.24) is 0 Å². The Bertz CT molecular complexity index is 410. The summed E-state index contributed by atoms with van der Waals surface area (Å²) in [6.07, 6.45) is 2.62. The number of fused-ring (bicyclic) bond motifs is 1. The minimum absolute atomic E-state index is 0.261. The zero-order chi connectivity index (χ0) is 12.6. The van der Waals surface area contributed by atoms with E-state index in [9.17, 15) is 0 Å². The predicted molar refractivity (Wildman–Crippen MR) is 78.3 cm³/mol. The van der Waals surface area contributed by atoms with Crippen molar-refractivity contribution in [2.24, 2.45) is 0 Å². The zero-order valence-electron chi connectivity index (χ0n) is 11.8. The highest BCUT2D eigenvalue weighted by atomic mass is 32.2. The zero-order valence-corrected chi connectivity index (χ0v) is 12.6. The molecule has 17 heavy (non-hydrogen) atoms. The SMILES string of the molecule is CC(C)c1c(C(C)(C)C)ccc2c1CCCS2. The molecule has 0 aromatic heterocycles. The van der Waals surface area contributed by atoms with Gasteiger partial charge in [0.15, 0.2) is 0 Å². The number of rotatable bonds is 1. The van der Waals surface area contributed by atoms with E-state index in [4.69, 9.17) is 0 Å². The summed E-state index contributed by atoms with van der Waals surface area (Å²) in [4.78, 5) is 1.54. The van der Waals surface area contributed by atoms with Crippen molar-refractivity contribution in [2.75, 3.05) is 5.75 Å². The minimum Gasteiger partial charge on any atom is -0.126 e. The highest BCUT2D eigenvalue weighted by Crippen LogP contribution is 2.40. The maximum absolute atomic E-state index is 2.37. The Morgan fingerprint density at radius 3 is 2.47 bits per heavy atom. The van der Waals surface area contributed by atoms with Crippen molar-refractivity contribution in [1.29, 1.82) is 0 Å². The van der Waals surface area contributed by atoms with Gasteiger partial charge in [-0.05, 0) is 52.7 Å². The van der Waals surface area contributed by atoms with E-state index >= 15 is 0 Å². The average molecular weight is 248 g/mol. The van der Waals surface area contributed by atoms with Crippen molar-refractivity contribution in [3.63, 3.8) is 0 Å². The van der Waals surface area contributed by atoms with E-state index in [1.165, 1.54) is 23.5 Å². The van der Waals surface area contributed by atoms with Gasteiger partial charge < -0.3 is 0 Å². The average Bonchev–Trinajstić information content (AvgIpc) is 2.26. The van der Waals surface area contributed by atoms with Crippen LogP contribution >= 0.6 is 11.8 Å². The molecule has 1 heterocycles. The molecule has 0 spiro atoms. The molecule has 1 aromatic rings. The summed E-state index contributed by atoms with van der Waals surface area (Å²) in [5.41, 5.74) is 5.08. The maximum Gasteiger partial charge on any atom is 0.0107 e. The second-order valence-corrected chi connectivity index (χ2v) is 7.50. The molecule has 0 N–H and O–H groups in total. The summed E-state index contributed by atoms with van der Waals surface area (Å²) in [6, 6.07) is 4.72. The largest absolute Gasteiger partial charge is 0.126 e. The van der Waals surface area contributed by atoms with Crippen molar-refractivity contribution < 1.29 is 0 Å². The minimum atomic E-state index is 0.261. The molecule has 94 valence electrons. The summed E-state index contributed by atoms with van der Waals surface area (Å²) < 4.78 is 0. The quantitative estimate of drug-likeness (QED) is 0.662. The third-order valence-electron chi connectivity index (χ3n) is 3.53. The molecule has 1 aliphatic heterocycles. The second-order valence-electron chi connectivity index (χ2n) is 6.36. The van der Waals surface area contributed by atoms with Crippen molar-refractivity contribution >= 4 is 11.8 Å². The summed E-state index contributed by atoms with van der Waals surface area (Å²) >= 11 is 2.04. The molecule has 0 atom stereocenters. The monoisotopic (exact) mass is 248 g/mol. The van der Waals surface area contributed by atoms with Gasteiger partial charge in [-0.1, -0.05) is 40.7 Å². The fourth-order valence-corrected chi connectivity index (χ4v) is 3.84. The number of hydrogen-bond donors (Lipinski definition) is 0. The van der Waals surface area contributed by atoms with Crippen LogP contribution in [-0.4, -0.2) is 5.75 Å². The standard InChI is InChI=1S/C16H24S/c1-11(2)15-12-7-6-10-17-14(12)9-8-13(15)16(3,4)5/h8-9,11H,6-7,10H2,1-5H3. The van der Waals surface area contributed by atoms with Crippen molar-refractivity contribution in [2.45, 2.75) is 63.7 Å². The molecule has 0 fully saturated rings. The second kappa shape index (κ2) is 4.68. The number of hydrogen-bond acceptors (Lipinski definition) is 1. The first-order chi connectivity index (χ1) is 7.91. The Balaban J connectivity index is 2.62. The van der Waals surface area contributed by atoms with Gasteiger partial charge in [-0.25, -0.2) is 0 Å². The summed E-state index contributed by atoms with van der Waals surface area (Å²) in [6.45, 7) is 11.7. The Kier molecular flexibility index (Phi) is 3.58. The van der Waals surface area contributed by atoms with Gasteiger partial charge in [0.2, 0.25) is 0 Å². The van der Waals surface area contributed by atoms with Gasteiger partial charge in [-0.2, -0.15) is 0 Å². The fraction of sp³-hybridized carbons (Fsp3) is 0.625. The van der Waals surface area contributed by atoms with Crippen LogP contribution < -0.4 is 0 Å². The smallest absolute Gasteiger partial charge is 0.0107 e. The van der Waals surface area contributed by atoms with Crippen LogP contribution in [0.5, 0.6) is 0 Å². The van der Waals surface area contributed by atoms with E-state index in [2.05, 4.69) is 46.8 Å². The third kappa shape index (κ3) is 2.54. The van der Waals surface area contributed by atoms with E-state index in [1.54, 1.807) is 16.7 Å². The molecule has 0 nitrogen and oxygen atoms in total. The molecule has 0 saturated heterocycles. The van der Waals surface area contributed by atoms with Crippen LogP contribution in [0.2, 0.25) is 0 Å². The molecule has 0 amide bonds. The van der Waals surface area contributed by atoms with Crippen molar-refractivity contribution in [3.05, 3.63) is 28.8 Å². The molecule has 1 aliphatic rings. The lowest BCUT2D eigenvalue weighted by molar-refractivity contribution is 0.572. The van der Waals surface area contributed by atoms with Crippen LogP contribution in [0.1, 0.15) is 63.6 Å². The Morgan fingerprint density at radius 2 is 1.88 bits per heavy atom. The van der Waals surface area contributed by atoms with Crippen LogP contribution in [-0.2, 0) is 11.8 Å². The van der Waals surface area contributed by atoms with E-state index < -0.39 is 0 Å². The van der Waals surface area contributed by atoms with Gasteiger partial charge in [-0.15, -0.1) is 11.8 Å². The van der Waals surface area contributed by atoms with E-state index in [1.807, 2.05) is 11.8 Å². The molecular formula is C16H24S. The Morgan fingerprint density at radius 1 is 1.18 bits per heavy atom. The fourth-order valence-electron chi connectivity index (χ4n) is 2.78. The first kappa shape index (κ1) is 13.0. The first-order valence-electron chi connectivity index (χ1n) is 6.70. The Labute approximate surface area is 110 Å². The lowest BCUT2D eigenvalue weighted by Crippen LogP contribution is -2.18. The van der Waals surface area contributed by atoms with Gasteiger partial charge in [0.1, 0.15) is 0 Å². The number of thioether (sulfide) groups is 1.